The Kier molecular flexibility index (Phi) is 5.77. The number of hydrogen-bond donors (Lipinski definition) is 6. The van der Waals surface area contributed by atoms with E-state index in [1.54, 1.807) is 0 Å². The zero-order chi connectivity index (χ0) is 16.6. The second-order valence-corrected chi connectivity index (χ2v) is 7.05. The van der Waals surface area contributed by atoms with Gasteiger partial charge in [0.25, 0.3) is 0 Å². The predicted molar refractivity (Wildman–Crippen MR) is 74.4 cm³/mol. The Balaban J connectivity index is 0.000000211. The summed E-state index contributed by atoms with van der Waals surface area (Å²) < 4.78 is 4.81. The fourth-order valence-electron chi connectivity index (χ4n) is 3.15. The number of rotatable bonds is 1. The van der Waals surface area contributed by atoms with Crippen LogP contribution in [0.4, 0.5) is 0 Å². The average molecular weight is 308 g/mol. The lowest BCUT2D eigenvalue weighted by atomic mass is 9.51. The predicted octanol–water partition coefficient (Wildman–Crippen LogP) is -1.77. The molecule has 126 valence electrons. The zero-order valence-corrected chi connectivity index (χ0v) is 13.0. The molecule has 1 aliphatic heterocycles. The molecule has 7 heteroatoms. The van der Waals surface area contributed by atoms with Crippen molar-refractivity contribution in [2.45, 2.75) is 64.3 Å². The van der Waals surface area contributed by atoms with Gasteiger partial charge in [-0.2, -0.15) is 0 Å². The van der Waals surface area contributed by atoms with Crippen molar-refractivity contribution in [1.82, 2.24) is 0 Å². The molecule has 0 bridgehead atoms. The largest absolute Gasteiger partial charge is 0.394 e. The third kappa shape index (κ3) is 3.39. The molecule has 21 heavy (non-hydrogen) atoms. The quantitative estimate of drug-likeness (QED) is 0.338. The first-order valence-electron chi connectivity index (χ1n) is 7.10. The highest BCUT2D eigenvalue weighted by molar-refractivity contribution is 5.09. The Morgan fingerprint density at radius 2 is 1.29 bits per heavy atom. The van der Waals surface area contributed by atoms with Gasteiger partial charge in [-0.3, -0.25) is 0 Å². The highest BCUT2D eigenvalue weighted by atomic mass is 16.5. The summed E-state index contributed by atoms with van der Waals surface area (Å²) in [6.45, 7) is 7.12. The molecule has 1 aliphatic carbocycles. The van der Waals surface area contributed by atoms with Crippen LogP contribution in [-0.2, 0) is 4.74 Å². The second kappa shape index (κ2) is 6.45. The van der Waals surface area contributed by atoms with Crippen molar-refractivity contribution in [3.63, 3.8) is 0 Å². The lowest BCUT2D eigenvalue weighted by Crippen LogP contribution is -2.67. The first-order chi connectivity index (χ1) is 9.47. The van der Waals surface area contributed by atoms with Crippen LogP contribution in [-0.4, -0.2) is 80.5 Å². The zero-order valence-electron chi connectivity index (χ0n) is 13.0. The summed E-state index contributed by atoms with van der Waals surface area (Å²) in [7, 11) is 0. The molecular formula is C14H28O7. The molecule has 2 aliphatic rings. The number of aliphatic hydroxyl groups excluding tert-OH is 6. The summed E-state index contributed by atoms with van der Waals surface area (Å²) in [5, 5.41) is 54.7. The summed E-state index contributed by atoms with van der Waals surface area (Å²) in [6, 6.07) is 0. The van der Waals surface area contributed by atoms with Crippen LogP contribution in [0, 0.1) is 10.8 Å². The van der Waals surface area contributed by atoms with Crippen LogP contribution >= 0.6 is 0 Å². The Bertz CT molecular complexity index is 312. The van der Waals surface area contributed by atoms with E-state index in [2.05, 4.69) is 0 Å². The Hall–Kier alpha value is -0.280. The molecule has 0 aromatic rings. The minimum Gasteiger partial charge on any atom is -0.394 e. The van der Waals surface area contributed by atoms with Crippen LogP contribution in [0.15, 0.2) is 0 Å². The van der Waals surface area contributed by atoms with Gasteiger partial charge in [-0.15, -0.1) is 0 Å². The molecular weight excluding hydrogens is 280 g/mol. The van der Waals surface area contributed by atoms with Gasteiger partial charge < -0.3 is 35.4 Å². The van der Waals surface area contributed by atoms with Crippen molar-refractivity contribution in [2.24, 2.45) is 10.8 Å². The van der Waals surface area contributed by atoms with Gasteiger partial charge in [0.05, 0.1) is 25.4 Å². The van der Waals surface area contributed by atoms with Gasteiger partial charge in [-0.1, -0.05) is 27.7 Å². The number of hydrogen-bond acceptors (Lipinski definition) is 7. The van der Waals surface area contributed by atoms with E-state index >= 15 is 0 Å². The van der Waals surface area contributed by atoms with Crippen LogP contribution in [0.5, 0.6) is 0 Å². The smallest absolute Gasteiger partial charge is 0.111 e. The minimum atomic E-state index is -1.22. The van der Waals surface area contributed by atoms with Crippen molar-refractivity contribution < 1.29 is 35.4 Å². The van der Waals surface area contributed by atoms with Crippen LogP contribution in [0.1, 0.15) is 27.7 Å². The molecule has 0 radical (unpaired) electrons. The molecule has 0 amide bonds. The molecule has 1 saturated carbocycles. The van der Waals surface area contributed by atoms with Crippen LogP contribution < -0.4 is 0 Å². The van der Waals surface area contributed by atoms with E-state index in [1.807, 2.05) is 27.7 Å². The third-order valence-electron chi connectivity index (χ3n) is 4.61. The standard InChI is InChI=1S/C8H16O2.C6H12O5/c1-7(2)5(9)8(3,4)6(7)10;7-1-4-6(10)5(9)3(8)2-11-4/h5-6,9-10H,1-4H3;3-10H,1-2H2. The Morgan fingerprint density at radius 3 is 1.62 bits per heavy atom. The van der Waals surface area contributed by atoms with Crippen molar-refractivity contribution >= 4 is 0 Å². The number of aliphatic hydroxyl groups is 6. The molecule has 1 heterocycles. The van der Waals surface area contributed by atoms with Gasteiger partial charge in [0.1, 0.15) is 24.4 Å². The SMILES string of the molecule is CC1(C)C(O)C(C)(C)C1O.OCC1OCC(O)C(O)C1O. The maximum absolute atomic E-state index is 9.51. The summed E-state index contributed by atoms with van der Waals surface area (Å²) >= 11 is 0. The second-order valence-electron chi connectivity index (χ2n) is 7.05. The van der Waals surface area contributed by atoms with Gasteiger partial charge in [0, 0.05) is 10.8 Å². The van der Waals surface area contributed by atoms with Crippen LogP contribution in [0.25, 0.3) is 0 Å². The molecule has 0 aromatic heterocycles. The van der Waals surface area contributed by atoms with Gasteiger partial charge in [-0.25, -0.2) is 0 Å². The highest BCUT2D eigenvalue weighted by Crippen LogP contribution is 2.53. The van der Waals surface area contributed by atoms with Crippen molar-refractivity contribution in [3.05, 3.63) is 0 Å². The summed E-state index contributed by atoms with van der Waals surface area (Å²) in [6.07, 6.45) is -5.03. The van der Waals surface area contributed by atoms with Crippen LogP contribution in [0.3, 0.4) is 0 Å². The minimum absolute atomic E-state index is 0.0521. The van der Waals surface area contributed by atoms with E-state index in [-0.39, 0.29) is 36.3 Å². The van der Waals surface area contributed by atoms with Crippen molar-refractivity contribution in [1.29, 1.82) is 0 Å². The highest BCUT2D eigenvalue weighted by Gasteiger charge is 2.60. The van der Waals surface area contributed by atoms with Gasteiger partial charge in [0.15, 0.2) is 0 Å². The Morgan fingerprint density at radius 1 is 0.857 bits per heavy atom. The van der Waals surface area contributed by atoms with Gasteiger partial charge in [0.2, 0.25) is 0 Å². The Labute approximate surface area is 124 Å². The normalized spacial score (nSPS) is 44.3. The van der Waals surface area contributed by atoms with Gasteiger partial charge >= 0.3 is 0 Å². The summed E-state index contributed by atoms with van der Waals surface area (Å²) in [4.78, 5) is 0. The lowest BCUT2D eigenvalue weighted by molar-refractivity contribution is -0.247. The van der Waals surface area contributed by atoms with E-state index < -0.39 is 24.4 Å². The first kappa shape index (κ1) is 18.8. The van der Waals surface area contributed by atoms with E-state index in [9.17, 15) is 10.2 Å². The molecule has 7 nitrogen and oxygen atoms in total. The summed E-state index contributed by atoms with van der Waals surface area (Å²) in [5.41, 5.74) is -0.632. The van der Waals surface area contributed by atoms with E-state index in [1.165, 1.54) is 0 Å². The van der Waals surface area contributed by atoms with E-state index in [0.29, 0.717) is 0 Å². The number of ether oxygens (including phenoxy) is 1. The lowest BCUT2D eigenvalue weighted by Gasteiger charge is -2.59. The van der Waals surface area contributed by atoms with Crippen LogP contribution in [0.2, 0.25) is 0 Å². The molecule has 4 atom stereocenters. The van der Waals surface area contributed by atoms with E-state index in [0.717, 1.165) is 0 Å². The molecule has 1 saturated heterocycles. The monoisotopic (exact) mass is 308 g/mol. The summed E-state index contributed by atoms with van der Waals surface area (Å²) in [5.74, 6) is 0. The molecule has 0 spiro atoms. The molecule has 2 fully saturated rings. The third-order valence-corrected chi connectivity index (χ3v) is 4.61. The van der Waals surface area contributed by atoms with Crippen molar-refractivity contribution in [2.75, 3.05) is 13.2 Å². The maximum Gasteiger partial charge on any atom is 0.111 e. The fraction of sp³-hybridized carbons (Fsp3) is 1.00. The average Bonchev–Trinajstić information content (AvgIpc) is 2.44. The molecule has 0 aromatic carbocycles. The first-order valence-corrected chi connectivity index (χ1v) is 7.10. The van der Waals surface area contributed by atoms with E-state index in [4.69, 9.17) is 25.2 Å². The van der Waals surface area contributed by atoms with Gasteiger partial charge in [-0.05, 0) is 0 Å². The topological polar surface area (TPSA) is 131 Å². The maximum atomic E-state index is 9.51. The molecule has 6 N–H and O–H groups in total. The fourth-order valence-corrected chi connectivity index (χ4v) is 3.15. The molecule has 2 rings (SSSR count). The van der Waals surface area contributed by atoms with Crippen molar-refractivity contribution in [3.8, 4) is 0 Å². The molecule has 4 unspecified atom stereocenters.